The molecule has 130 valence electrons. The van der Waals surface area contributed by atoms with E-state index < -0.39 is 0 Å². The summed E-state index contributed by atoms with van der Waals surface area (Å²) in [6, 6.07) is 10.1. The normalized spacial score (nSPS) is 10.7. The van der Waals surface area contributed by atoms with Crippen molar-refractivity contribution in [2.45, 2.75) is 13.3 Å². The number of nitrogens with zero attached hydrogens (tertiary/aromatic N) is 1. The van der Waals surface area contributed by atoms with E-state index in [-0.39, 0.29) is 21.8 Å². The van der Waals surface area contributed by atoms with Crippen molar-refractivity contribution >= 4 is 64.0 Å². The molecular weight excluding hydrogens is 381 g/mol. The van der Waals surface area contributed by atoms with E-state index >= 15 is 0 Å². The molecule has 2 aromatic rings. The van der Waals surface area contributed by atoms with Crippen LogP contribution in [0.15, 0.2) is 41.4 Å². The van der Waals surface area contributed by atoms with Crippen molar-refractivity contribution in [1.82, 2.24) is 5.32 Å². The van der Waals surface area contributed by atoms with Gasteiger partial charge in [0.2, 0.25) is 5.91 Å². The highest BCUT2D eigenvalue weighted by atomic mass is 35.5. The van der Waals surface area contributed by atoms with Gasteiger partial charge in [-0.05, 0) is 48.6 Å². The number of anilines is 1. The van der Waals surface area contributed by atoms with Crippen molar-refractivity contribution in [3.05, 3.63) is 52.0 Å². The molecule has 8 heteroatoms. The summed E-state index contributed by atoms with van der Waals surface area (Å²) in [5.41, 5.74) is 1.79. The van der Waals surface area contributed by atoms with Crippen molar-refractivity contribution in [3.8, 4) is 5.75 Å². The summed E-state index contributed by atoms with van der Waals surface area (Å²) >= 11 is 16.8. The number of aromatic hydroxyl groups is 1. The molecule has 0 bridgehead atoms. The Balaban J connectivity index is 2.05. The third-order valence-electron chi connectivity index (χ3n) is 3.11. The van der Waals surface area contributed by atoms with Crippen molar-refractivity contribution in [3.63, 3.8) is 0 Å². The van der Waals surface area contributed by atoms with Crippen LogP contribution in [-0.4, -0.2) is 22.3 Å². The molecule has 0 spiro atoms. The van der Waals surface area contributed by atoms with Crippen molar-refractivity contribution < 1.29 is 9.90 Å². The Kier molecular flexibility index (Phi) is 6.75. The zero-order valence-corrected chi connectivity index (χ0v) is 15.5. The third-order valence-corrected chi connectivity index (χ3v) is 3.82. The Bertz CT molecular complexity index is 823. The number of phenolic OH excluding ortho intramolecular Hbond substituents is 1. The first-order valence-corrected chi connectivity index (χ1v) is 8.48. The number of benzene rings is 2. The number of thiocarbonyl (C=S) groups is 1. The number of carbonyl (C=O) groups excluding carboxylic acids is 1. The lowest BCUT2D eigenvalue weighted by atomic mass is 10.2. The molecule has 2 rings (SSSR count). The summed E-state index contributed by atoms with van der Waals surface area (Å²) in [5.74, 6) is -0.233. The molecule has 0 heterocycles. The van der Waals surface area contributed by atoms with E-state index in [0.717, 1.165) is 0 Å². The fourth-order valence-corrected chi connectivity index (χ4v) is 2.58. The number of halogens is 2. The number of nitrogens with one attached hydrogen (secondary N) is 2. The Morgan fingerprint density at radius 3 is 2.60 bits per heavy atom. The van der Waals surface area contributed by atoms with Crippen LogP contribution in [0.4, 0.5) is 11.4 Å². The van der Waals surface area contributed by atoms with Crippen LogP contribution in [0.1, 0.15) is 18.9 Å². The summed E-state index contributed by atoms with van der Waals surface area (Å²) < 4.78 is 0. The molecule has 25 heavy (non-hydrogen) atoms. The highest BCUT2D eigenvalue weighted by Gasteiger charge is 2.06. The van der Waals surface area contributed by atoms with Gasteiger partial charge in [0.05, 0.1) is 10.7 Å². The number of aliphatic imine (C=N–C) groups is 1. The van der Waals surface area contributed by atoms with Crippen molar-refractivity contribution in [2.75, 3.05) is 5.32 Å². The molecule has 1 amide bonds. The Labute approximate surface area is 160 Å². The minimum Gasteiger partial charge on any atom is -0.506 e. The monoisotopic (exact) mass is 395 g/mol. The largest absolute Gasteiger partial charge is 0.506 e. The molecule has 0 saturated heterocycles. The van der Waals surface area contributed by atoms with Gasteiger partial charge in [-0.25, -0.2) is 0 Å². The first-order valence-electron chi connectivity index (χ1n) is 7.32. The van der Waals surface area contributed by atoms with E-state index in [4.69, 9.17) is 35.4 Å². The van der Waals surface area contributed by atoms with E-state index in [1.54, 1.807) is 37.3 Å². The Hall–Kier alpha value is -2.15. The van der Waals surface area contributed by atoms with E-state index in [0.29, 0.717) is 28.4 Å². The predicted molar refractivity (Wildman–Crippen MR) is 106 cm³/mol. The summed E-state index contributed by atoms with van der Waals surface area (Å²) in [5, 5.41) is 16.2. The van der Waals surface area contributed by atoms with Gasteiger partial charge in [-0.2, -0.15) is 0 Å². The minimum absolute atomic E-state index is 0.0786. The quantitative estimate of drug-likeness (QED) is 0.519. The Morgan fingerprint density at radius 1 is 1.28 bits per heavy atom. The van der Waals surface area contributed by atoms with Gasteiger partial charge in [-0.15, -0.1) is 0 Å². The van der Waals surface area contributed by atoms with Crippen LogP contribution in [0.3, 0.4) is 0 Å². The van der Waals surface area contributed by atoms with Crippen molar-refractivity contribution in [1.29, 1.82) is 0 Å². The number of hydrogen-bond acceptors (Lipinski definition) is 4. The van der Waals surface area contributed by atoms with Crippen LogP contribution in [0.25, 0.3) is 0 Å². The molecule has 0 aliphatic rings. The van der Waals surface area contributed by atoms with Crippen LogP contribution in [0.2, 0.25) is 10.0 Å². The molecule has 0 aliphatic carbocycles. The van der Waals surface area contributed by atoms with Gasteiger partial charge in [-0.1, -0.05) is 30.1 Å². The summed E-state index contributed by atoms with van der Waals surface area (Å²) in [6.07, 6.45) is 1.83. The van der Waals surface area contributed by atoms with E-state index in [9.17, 15) is 9.90 Å². The minimum atomic E-state index is -0.154. The maximum Gasteiger partial charge on any atom is 0.225 e. The third kappa shape index (κ3) is 5.70. The second-order valence-corrected chi connectivity index (χ2v) is 6.24. The maximum absolute atomic E-state index is 11.3. The smallest absolute Gasteiger partial charge is 0.225 e. The molecule has 0 fully saturated rings. The first kappa shape index (κ1) is 19.2. The lowest BCUT2D eigenvalue weighted by molar-refractivity contribution is -0.119. The van der Waals surface area contributed by atoms with Crippen LogP contribution in [0, 0.1) is 0 Å². The molecule has 3 N–H and O–H groups in total. The van der Waals surface area contributed by atoms with Crippen LogP contribution < -0.4 is 10.6 Å². The first-order chi connectivity index (χ1) is 11.9. The Morgan fingerprint density at radius 2 is 1.96 bits per heavy atom. The lowest BCUT2D eigenvalue weighted by Gasteiger charge is -2.08. The van der Waals surface area contributed by atoms with E-state index in [1.807, 2.05) is 0 Å². The zero-order valence-electron chi connectivity index (χ0n) is 13.2. The van der Waals surface area contributed by atoms with Crippen LogP contribution in [-0.2, 0) is 4.79 Å². The predicted octanol–water partition coefficient (Wildman–Crippen LogP) is 4.67. The molecule has 0 unspecified atom stereocenters. The number of phenols is 1. The molecule has 0 saturated carbocycles. The van der Waals surface area contributed by atoms with E-state index in [1.165, 1.54) is 12.3 Å². The second kappa shape index (κ2) is 8.80. The molecule has 0 aromatic heterocycles. The number of carbonyl (C=O) groups is 1. The molecule has 0 radical (unpaired) electrons. The highest BCUT2D eigenvalue weighted by Crippen LogP contribution is 2.30. The standard InChI is InChI=1S/C17H15Cl2N3O2S/c1-2-15(23)22-17(25)21-13-5-3-12(4-6-13)20-9-10-7-11(18)8-14(19)16(10)24/h3-9,24H,2H2,1H3,(H2,21,22,23,25). The number of hydrogen-bond donors (Lipinski definition) is 3. The van der Waals surface area contributed by atoms with Gasteiger partial charge in [0.1, 0.15) is 5.75 Å². The van der Waals surface area contributed by atoms with Crippen LogP contribution >= 0.6 is 35.4 Å². The van der Waals surface area contributed by atoms with Crippen LogP contribution in [0.5, 0.6) is 5.75 Å². The van der Waals surface area contributed by atoms with Gasteiger partial charge in [0.15, 0.2) is 5.11 Å². The van der Waals surface area contributed by atoms with Gasteiger partial charge < -0.3 is 15.7 Å². The lowest BCUT2D eigenvalue weighted by Crippen LogP contribution is -2.33. The zero-order chi connectivity index (χ0) is 18.4. The topological polar surface area (TPSA) is 73.7 Å². The van der Waals surface area contributed by atoms with Gasteiger partial charge in [-0.3, -0.25) is 9.79 Å². The van der Waals surface area contributed by atoms with Gasteiger partial charge >= 0.3 is 0 Å². The molecular formula is C17H15Cl2N3O2S. The second-order valence-electron chi connectivity index (χ2n) is 4.99. The fourth-order valence-electron chi connectivity index (χ4n) is 1.84. The summed E-state index contributed by atoms with van der Waals surface area (Å²) in [6.45, 7) is 1.75. The number of amides is 1. The van der Waals surface area contributed by atoms with Gasteiger partial charge in [0.25, 0.3) is 0 Å². The molecule has 0 atom stereocenters. The maximum atomic E-state index is 11.3. The average Bonchev–Trinajstić information content (AvgIpc) is 2.57. The average molecular weight is 396 g/mol. The summed E-state index contributed by atoms with van der Waals surface area (Å²) in [4.78, 5) is 15.5. The highest BCUT2D eigenvalue weighted by molar-refractivity contribution is 7.80. The molecule has 2 aromatic carbocycles. The molecule has 0 aliphatic heterocycles. The summed E-state index contributed by atoms with van der Waals surface area (Å²) in [7, 11) is 0. The van der Waals surface area contributed by atoms with Crippen molar-refractivity contribution in [2.24, 2.45) is 4.99 Å². The molecule has 5 nitrogen and oxygen atoms in total. The van der Waals surface area contributed by atoms with E-state index in [2.05, 4.69) is 15.6 Å². The fraction of sp³-hybridized carbons (Fsp3) is 0.118. The van der Waals surface area contributed by atoms with Gasteiger partial charge in [0, 0.05) is 28.9 Å². The SMILES string of the molecule is CCC(=O)NC(=S)Nc1ccc(N=Cc2cc(Cl)cc(Cl)c2O)cc1. The number of rotatable bonds is 4.